The van der Waals surface area contributed by atoms with Crippen molar-refractivity contribution >= 4 is 11.9 Å². The Morgan fingerprint density at radius 3 is 2.21 bits per heavy atom. The molecule has 0 aliphatic carbocycles. The van der Waals surface area contributed by atoms with Crippen molar-refractivity contribution in [3.63, 3.8) is 0 Å². The van der Waals surface area contributed by atoms with Gasteiger partial charge in [-0.2, -0.15) is 0 Å². The van der Waals surface area contributed by atoms with Crippen LogP contribution in [0.5, 0.6) is 0 Å². The predicted molar refractivity (Wildman–Crippen MR) is 53.9 cm³/mol. The van der Waals surface area contributed by atoms with Crippen LogP contribution in [-0.4, -0.2) is 23.0 Å². The number of rotatable bonds is 6. The molecule has 0 aliphatic heterocycles. The number of carbonyl (C=O) groups is 2. The maximum Gasteiger partial charge on any atom is 0.305 e. The molecule has 1 amide bonds. The average Bonchev–Trinajstić information content (AvgIpc) is 2.00. The first-order valence-corrected chi connectivity index (χ1v) is 4.96. The molecule has 4 nitrogen and oxygen atoms in total. The fraction of sp³-hybridized carbons (Fsp3) is 0.800. The molecule has 82 valence electrons. The minimum absolute atomic E-state index is 0.000333. The Morgan fingerprint density at radius 2 is 1.86 bits per heavy atom. The van der Waals surface area contributed by atoms with Crippen molar-refractivity contribution in [2.45, 2.75) is 46.1 Å². The smallest absolute Gasteiger partial charge is 0.305 e. The molecule has 0 radical (unpaired) electrons. The second kappa shape index (κ2) is 6.40. The molecule has 0 saturated carbocycles. The highest BCUT2D eigenvalue weighted by Gasteiger charge is 2.14. The molecule has 14 heavy (non-hydrogen) atoms. The fourth-order valence-corrected chi connectivity index (χ4v) is 1.17. The third-order valence-corrected chi connectivity index (χ3v) is 1.87. The van der Waals surface area contributed by atoms with Gasteiger partial charge in [-0.25, -0.2) is 0 Å². The van der Waals surface area contributed by atoms with E-state index in [0.717, 1.165) is 0 Å². The third-order valence-electron chi connectivity index (χ3n) is 1.87. The molecule has 0 aliphatic rings. The zero-order chi connectivity index (χ0) is 11.1. The van der Waals surface area contributed by atoms with Gasteiger partial charge in [-0.05, 0) is 12.3 Å². The van der Waals surface area contributed by atoms with Crippen LogP contribution in [0.25, 0.3) is 0 Å². The van der Waals surface area contributed by atoms with Crippen LogP contribution in [0, 0.1) is 5.92 Å². The second-order valence-corrected chi connectivity index (χ2v) is 3.87. The molecule has 0 rings (SSSR count). The maximum absolute atomic E-state index is 11.3. The maximum atomic E-state index is 11.3. The lowest BCUT2D eigenvalue weighted by molar-refractivity contribution is -0.137. The van der Waals surface area contributed by atoms with Crippen LogP contribution < -0.4 is 5.32 Å². The fourth-order valence-electron chi connectivity index (χ4n) is 1.17. The summed E-state index contributed by atoms with van der Waals surface area (Å²) in [4.78, 5) is 21.7. The summed E-state index contributed by atoms with van der Waals surface area (Å²) in [6.45, 7) is 5.78. The lowest BCUT2D eigenvalue weighted by atomic mass is 10.1. The van der Waals surface area contributed by atoms with E-state index in [2.05, 4.69) is 5.32 Å². The summed E-state index contributed by atoms with van der Waals surface area (Å²) in [6.07, 6.45) is 1.10. The number of carbonyl (C=O) groups excluding carboxylic acids is 1. The lowest BCUT2D eigenvalue weighted by Gasteiger charge is -2.15. The van der Waals surface area contributed by atoms with E-state index in [1.807, 2.05) is 20.8 Å². The minimum Gasteiger partial charge on any atom is -0.481 e. The monoisotopic (exact) mass is 201 g/mol. The number of carboxylic acid groups (broad SMARTS) is 1. The molecular weight excluding hydrogens is 182 g/mol. The van der Waals surface area contributed by atoms with E-state index in [-0.39, 0.29) is 18.4 Å². The Hall–Kier alpha value is -1.06. The summed E-state index contributed by atoms with van der Waals surface area (Å²) in [7, 11) is 0. The molecule has 0 spiro atoms. The van der Waals surface area contributed by atoms with E-state index in [9.17, 15) is 9.59 Å². The Kier molecular flexibility index (Phi) is 5.92. The van der Waals surface area contributed by atoms with E-state index < -0.39 is 5.97 Å². The van der Waals surface area contributed by atoms with Gasteiger partial charge in [0.1, 0.15) is 0 Å². The zero-order valence-electron chi connectivity index (χ0n) is 9.04. The molecule has 0 aromatic heterocycles. The van der Waals surface area contributed by atoms with Gasteiger partial charge in [-0.15, -0.1) is 0 Å². The average molecular weight is 201 g/mol. The van der Waals surface area contributed by atoms with Gasteiger partial charge < -0.3 is 10.4 Å². The highest BCUT2D eigenvalue weighted by molar-refractivity contribution is 5.77. The first-order valence-electron chi connectivity index (χ1n) is 4.96. The summed E-state index contributed by atoms with van der Waals surface area (Å²) in [6, 6.07) is -0.237. The normalized spacial score (nSPS) is 12.6. The molecule has 4 heteroatoms. The molecule has 0 aromatic carbocycles. The number of carboxylic acids is 1. The van der Waals surface area contributed by atoms with Crippen molar-refractivity contribution < 1.29 is 14.7 Å². The van der Waals surface area contributed by atoms with Crippen LogP contribution >= 0.6 is 0 Å². The van der Waals surface area contributed by atoms with E-state index in [4.69, 9.17) is 5.11 Å². The number of nitrogens with one attached hydrogen (secondary N) is 1. The van der Waals surface area contributed by atoms with Gasteiger partial charge in [0.25, 0.3) is 0 Å². The molecule has 0 fully saturated rings. The lowest BCUT2D eigenvalue weighted by Crippen LogP contribution is -2.36. The van der Waals surface area contributed by atoms with Crippen LogP contribution in [-0.2, 0) is 9.59 Å². The summed E-state index contributed by atoms with van der Waals surface area (Å²) in [5.41, 5.74) is 0. The van der Waals surface area contributed by atoms with Crippen molar-refractivity contribution in [3.8, 4) is 0 Å². The molecular formula is C10H19NO3. The first-order chi connectivity index (χ1) is 6.45. The molecule has 0 bridgehead atoms. The predicted octanol–water partition coefficient (Wildman–Crippen LogP) is 1.40. The summed E-state index contributed by atoms with van der Waals surface area (Å²) >= 11 is 0. The number of amides is 1. The van der Waals surface area contributed by atoms with Gasteiger partial charge in [0.05, 0.1) is 6.42 Å². The van der Waals surface area contributed by atoms with Gasteiger partial charge in [0, 0.05) is 12.5 Å². The van der Waals surface area contributed by atoms with Gasteiger partial charge in [0.15, 0.2) is 0 Å². The second-order valence-electron chi connectivity index (χ2n) is 3.87. The number of aliphatic carboxylic acids is 1. The van der Waals surface area contributed by atoms with Crippen molar-refractivity contribution in [2.75, 3.05) is 0 Å². The largest absolute Gasteiger partial charge is 0.481 e. The van der Waals surface area contributed by atoms with Crippen molar-refractivity contribution in [2.24, 2.45) is 5.92 Å². The van der Waals surface area contributed by atoms with E-state index >= 15 is 0 Å². The Labute approximate surface area is 84.7 Å². The zero-order valence-corrected chi connectivity index (χ0v) is 9.04. The number of hydrogen-bond donors (Lipinski definition) is 2. The van der Waals surface area contributed by atoms with Crippen LogP contribution in [0.2, 0.25) is 0 Å². The SMILES string of the molecule is CCC(CC(=O)O)NC(=O)CC(C)C. The molecule has 2 N–H and O–H groups in total. The standard InChI is InChI=1S/C10H19NO3/c1-4-8(6-10(13)14)11-9(12)5-7(2)3/h7-8H,4-6H2,1-3H3,(H,11,12)(H,13,14). The molecule has 1 atom stereocenters. The van der Waals surface area contributed by atoms with E-state index in [1.54, 1.807) is 0 Å². The third kappa shape index (κ3) is 6.46. The van der Waals surface area contributed by atoms with E-state index in [0.29, 0.717) is 18.8 Å². The summed E-state index contributed by atoms with van der Waals surface area (Å²) in [5.74, 6) is -0.632. The number of hydrogen-bond acceptors (Lipinski definition) is 2. The van der Waals surface area contributed by atoms with Gasteiger partial charge in [-0.3, -0.25) is 9.59 Å². The topological polar surface area (TPSA) is 66.4 Å². The van der Waals surface area contributed by atoms with Crippen LogP contribution in [0.15, 0.2) is 0 Å². The minimum atomic E-state index is -0.873. The van der Waals surface area contributed by atoms with Gasteiger partial charge in [0.2, 0.25) is 5.91 Å². The highest BCUT2D eigenvalue weighted by Crippen LogP contribution is 2.02. The summed E-state index contributed by atoms with van der Waals surface area (Å²) < 4.78 is 0. The van der Waals surface area contributed by atoms with Crippen LogP contribution in [0.1, 0.15) is 40.0 Å². The Balaban J connectivity index is 3.92. The summed E-state index contributed by atoms with van der Waals surface area (Å²) in [5, 5.41) is 11.3. The van der Waals surface area contributed by atoms with E-state index in [1.165, 1.54) is 0 Å². The van der Waals surface area contributed by atoms with Gasteiger partial charge >= 0.3 is 5.97 Å². The van der Waals surface area contributed by atoms with Crippen LogP contribution in [0.4, 0.5) is 0 Å². The Morgan fingerprint density at radius 1 is 1.29 bits per heavy atom. The van der Waals surface area contributed by atoms with Crippen LogP contribution in [0.3, 0.4) is 0 Å². The molecule has 0 heterocycles. The Bertz CT molecular complexity index is 202. The van der Waals surface area contributed by atoms with Gasteiger partial charge in [-0.1, -0.05) is 20.8 Å². The van der Waals surface area contributed by atoms with Crippen molar-refractivity contribution in [1.82, 2.24) is 5.32 Å². The quantitative estimate of drug-likeness (QED) is 0.682. The van der Waals surface area contributed by atoms with Crippen molar-refractivity contribution in [3.05, 3.63) is 0 Å². The highest BCUT2D eigenvalue weighted by atomic mass is 16.4. The first kappa shape index (κ1) is 12.9. The van der Waals surface area contributed by atoms with Crippen molar-refractivity contribution in [1.29, 1.82) is 0 Å². The molecule has 0 saturated heterocycles. The molecule has 1 unspecified atom stereocenters. The molecule has 0 aromatic rings.